The van der Waals surface area contributed by atoms with Gasteiger partial charge in [0.2, 0.25) is 12.1 Å². The Kier molecular flexibility index (Phi) is 4.96. The van der Waals surface area contributed by atoms with Gasteiger partial charge < -0.3 is 14.0 Å². The maximum Gasteiger partial charge on any atom is 0.283 e. The molecule has 0 saturated carbocycles. The van der Waals surface area contributed by atoms with E-state index in [1.807, 2.05) is 13.8 Å². The molecule has 2 aromatic rings. The summed E-state index contributed by atoms with van der Waals surface area (Å²) in [5.41, 5.74) is 0.455. The molecule has 1 heterocycles. The highest BCUT2D eigenvalue weighted by Crippen LogP contribution is 2.24. The van der Waals surface area contributed by atoms with Crippen LogP contribution in [0.4, 0.5) is 5.69 Å². The fourth-order valence-electron chi connectivity index (χ4n) is 1.70. The second-order valence-electron chi connectivity index (χ2n) is 4.01. The number of ether oxygens (including phenoxy) is 2. The second-order valence-corrected chi connectivity index (χ2v) is 4.01. The molecule has 0 radical (unpaired) electrons. The smallest absolute Gasteiger partial charge is 0.283 e. The summed E-state index contributed by atoms with van der Waals surface area (Å²) in [6, 6.07) is 6.00. The van der Waals surface area contributed by atoms with E-state index in [4.69, 9.17) is 14.0 Å². The lowest BCUT2D eigenvalue weighted by Crippen LogP contribution is -2.09. The Morgan fingerprint density at radius 2 is 2.05 bits per heavy atom. The molecule has 0 unspecified atom stereocenters. The molecule has 0 N–H and O–H groups in total. The Hall–Kier alpha value is -2.32. The van der Waals surface area contributed by atoms with Gasteiger partial charge in [0.1, 0.15) is 0 Å². The summed E-state index contributed by atoms with van der Waals surface area (Å²) in [5, 5.41) is 14.6. The molecule has 1 aromatic carbocycles. The molecule has 0 fully saturated rings. The standard InChI is InChI=1S/C13H15N3O5/c1-3-19-13(20-4-2)12-14-11(15-21-12)9-6-5-7-10(8-9)16(17)18/h5-8,13H,3-4H2,1-2H3. The molecular formula is C13H15N3O5. The van der Waals surface area contributed by atoms with Crippen LogP contribution >= 0.6 is 0 Å². The number of nitrogens with zero attached hydrogens (tertiary/aromatic N) is 3. The van der Waals surface area contributed by atoms with E-state index in [0.29, 0.717) is 18.8 Å². The first-order valence-corrected chi connectivity index (χ1v) is 6.47. The van der Waals surface area contributed by atoms with Crippen molar-refractivity contribution in [2.24, 2.45) is 0 Å². The van der Waals surface area contributed by atoms with Crippen LogP contribution in [0.25, 0.3) is 11.4 Å². The first-order chi connectivity index (χ1) is 10.2. The molecule has 0 amide bonds. The fourth-order valence-corrected chi connectivity index (χ4v) is 1.70. The van der Waals surface area contributed by atoms with E-state index >= 15 is 0 Å². The minimum absolute atomic E-state index is 0.0370. The summed E-state index contributed by atoms with van der Waals surface area (Å²) < 4.78 is 15.8. The molecular weight excluding hydrogens is 278 g/mol. The largest absolute Gasteiger partial charge is 0.345 e. The second kappa shape index (κ2) is 6.91. The van der Waals surface area contributed by atoms with Crippen LogP contribution in [0.2, 0.25) is 0 Å². The highest BCUT2D eigenvalue weighted by molar-refractivity contribution is 5.58. The Balaban J connectivity index is 2.26. The third-order valence-corrected chi connectivity index (χ3v) is 2.59. The van der Waals surface area contributed by atoms with Gasteiger partial charge in [-0.2, -0.15) is 4.98 Å². The number of nitro benzene ring substituents is 1. The minimum atomic E-state index is -0.736. The highest BCUT2D eigenvalue weighted by Gasteiger charge is 2.20. The molecule has 112 valence electrons. The van der Waals surface area contributed by atoms with Crippen molar-refractivity contribution in [3.8, 4) is 11.4 Å². The third kappa shape index (κ3) is 3.61. The first kappa shape index (κ1) is 15.1. The van der Waals surface area contributed by atoms with Crippen LogP contribution in [0.1, 0.15) is 26.0 Å². The average molecular weight is 293 g/mol. The molecule has 0 saturated heterocycles. The quantitative estimate of drug-likeness (QED) is 0.439. The van der Waals surface area contributed by atoms with E-state index in [9.17, 15) is 10.1 Å². The van der Waals surface area contributed by atoms with Gasteiger partial charge in [-0.05, 0) is 13.8 Å². The van der Waals surface area contributed by atoms with Crippen molar-refractivity contribution in [2.45, 2.75) is 20.1 Å². The van der Waals surface area contributed by atoms with Crippen LogP contribution < -0.4 is 0 Å². The van der Waals surface area contributed by atoms with Gasteiger partial charge in [-0.1, -0.05) is 17.3 Å². The monoisotopic (exact) mass is 293 g/mol. The SMILES string of the molecule is CCOC(OCC)c1nc(-c2cccc([N+](=O)[O-])c2)no1. The zero-order valence-corrected chi connectivity index (χ0v) is 11.7. The zero-order chi connectivity index (χ0) is 15.2. The van der Waals surface area contributed by atoms with Crippen LogP contribution in [-0.2, 0) is 9.47 Å². The molecule has 2 rings (SSSR count). The maximum absolute atomic E-state index is 10.8. The van der Waals surface area contributed by atoms with Crippen molar-refractivity contribution in [3.63, 3.8) is 0 Å². The topological polar surface area (TPSA) is 101 Å². The van der Waals surface area contributed by atoms with Gasteiger partial charge in [0.25, 0.3) is 11.6 Å². The average Bonchev–Trinajstić information content (AvgIpc) is 2.97. The predicted molar refractivity (Wildman–Crippen MR) is 72.4 cm³/mol. The number of rotatable bonds is 7. The molecule has 21 heavy (non-hydrogen) atoms. The normalized spacial score (nSPS) is 11.0. The summed E-state index contributed by atoms with van der Waals surface area (Å²) in [6.07, 6.45) is -0.736. The van der Waals surface area contributed by atoms with Crippen molar-refractivity contribution in [2.75, 3.05) is 13.2 Å². The van der Waals surface area contributed by atoms with Crippen LogP contribution in [0.15, 0.2) is 28.8 Å². The van der Waals surface area contributed by atoms with E-state index in [-0.39, 0.29) is 17.4 Å². The summed E-state index contributed by atoms with van der Waals surface area (Å²) >= 11 is 0. The van der Waals surface area contributed by atoms with Gasteiger partial charge in [-0.25, -0.2) is 0 Å². The first-order valence-electron chi connectivity index (χ1n) is 6.47. The van der Waals surface area contributed by atoms with Crippen molar-refractivity contribution in [1.82, 2.24) is 10.1 Å². The number of non-ortho nitro benzene ring substituents is 1. The van der Waals surface area contributed by atoms with Crippen molar-refractivity contribution in [1.29, 1.82) is 0 Å². The van der Waals surface area contributed by atoms with E-state index < -0.39 is 11.2 Å². The molecule has 8 nitrogen and oxygen atoms in total. The molecule has 0 atom stereocenters. The lowest BCUT2D eigenvalue weighted by molar-refractivity contribution is -0.384. The molecule has 0 aliphatic heterocycles. The van der Waals surface area contributed by atoms with Crippen LogP contribution in [-0.4, -0.2) is 28.3 Å². The molecule has 0 aliphatic carbocycles. The van der Waals surface area contributed by atoms with Gasteiger partial charge in [0, 0.05) is 30.9 Å². The Morgan fingerprint density at radius 1 is 1.33 bits per heavy atom. The van der Waals surface area contributed by atoms with E-state index in [0.717, 1.165) is 0 Å². The van der Waals surface area contributed by atoms with Crippen LogP contribution in [0, 0.1) is 10.1 Å². The van der Waals surface area contributed by atoms with Gasteiger partial charge in [0.05, 0.1) is 4.92 Å². The van der Waals surface area contributed by atoms with E-state index in [1.165, 1.54) is 12.1 Å². The zero-order valence-electron chi connectivity index (χ0n) is 11.7. The number of hydrogen-bond donors (Lipinski definition) is 0. The van der Waals surface area contributed by atoms with Crippen molar-refractivity contribution < 1.29 is 18.9 Å². The number of hydrogen-bond acceptors (Lipinski definition) is 7. The fraction of sp³-hybridized carbons (Fsp3) is 0.385. The lowest BCUT2D eigenvalue weighted by atomic mass is 10.2. The van der Waals surface area contributed by atoms with Crippen molar-refractivity contribution >= 4 is 5.69 Å². The van der Waals surface area contributed by atoms with Gasteiger partial charge in [0.15, 0.2) is 0 Å². The predicted octanol–water partition coefficient (Wildman–Crippen LogP) is 2.72. The number of nitro groups is 1. The highest BCUT2D eigenvalue weighted by atomic mass is 16.7. The molecule has 8 heteroatoms. The number of benzene rings is 1. The van der Waals surface area contributed by atoms with Gasteiger partial charge in [-0.3, -0.25) is 10.1 Å². The number of aromatic nitrogens is 2. The van der Waals surface area contributed by atoms with Gasteiger partial charge in [-0.15, -0.1) is 0 Å². The maximum atomic E-state index is 10.8. The molecule has 0 aliphatic rings. The van der Waals surface area contributed by atoms with Gasteiger partial charge >= 0.3 is 0 Å². The Bertz CT molecular complexity index is 607. The van der Waals surface area contributed by atoms with E-state index in [1.54, 1.807) is 12.1 Å². The summed E-state index contributed by atoms with van der Waals surface area (Å²) in [4.78, 5) is 14.5. The van der Waals surface area contributed by atoms with Crippen LogP contribution in [0.3, 0.4) is 0 Å². The Labute approximate surface area is 120 Å². The van der Waals surface area contributed by atoms with E-state index in [2.05, 4.69) is 10.1 Å². The summed E-state index contributed by atoms with van der Waals surface area (Å²) in [5.74, 6) is 0.429. The molecule has 0 bridgehead atoms. The third-order valence-electron chi connectivity index (χ3n) is 2.59. The van der Waals surface area contributed by atoms with Crippen molar-refractivity contribution in [3.05, 3.63) is 40.3 Å². The molecule has 0 spiro atoms. The summed E-state index contributed by atoms with van der Waals surface area (Å²) in [7, 11) is 0. The lowest BCUT2D eigenvalue weighted by Gasteiger charge is -2.11. The molecule has 1 aromatic heterocycles. The minimum Gasteiger partial charge on any atom is -0.345 e. The van der Waals surface area contributed by atoms with Crippen LogP contribution in [0.5, 0.6) is 0 Å². The Morgan fingerprint density at radius 3 is 2.67 bits per heavy atom. The summed E-state index contributed by atoms with van der Waals surface area (Å²) in [6.45, 7) is 4.51.